The van der Waals surface area contributed by atoms with Crippen molar-refractivity contribution in [3.63, 3.8) is 0 Å². The van der Waals surface area contributed by atoms with Gasteiger partial charge in [0.25, 0.3) is 0 Å². The number of halogens is 3. The zero-order valence-corrected chi connectivity index (χ0v) is 16.2. The van der Waals surface area contributed by atoms with Crippen molar-refractivity contribution in [3.8, 4) is 23.2 Å². The van der Waals surface area contributed by atoms with Gasteiger partial charge in [0.1, 0.15) is 11.0 Å². The van der Waals surface area contributed by atoms with Crippen LogP contribution in [0.4, 0.5) is 13.2 Å². The molecular weight excluding hydrogens is 421 g/mol. The number of hydrogen-bond acceptors (Lipinski definition) is 5. The first-order chi connectivity index (χ1) is 14.2. The summed E-state index contributed by atoms with van der Waals surface area (Å²) in [5.41, 5.74) is 1.10. The standard InChI is InChI=1S/C19H15F3N4O3S/c20-14-6-12-13(8-23)18(15-5-4-11(9-25-15)30(24,27)28)26(10-2-1-3-10)16(12)7-17(14)29-19(21)22/h4-7,9-10,19H,1-3H2,(H2,24,27,28). The molecule has 30 heavy (non-hydrogen) atoms. The molecule has 1 aromatic carbocycles. The maximum absolute atomic E-state index is 14.3. The zero-order chi connectivity index (χ0) is 21.6. The first-order valence-electron chi connectivity index (χ1n) is 8.92. The lowest BCUT2D eigenvalue weighted by atomic mass is 9.92. The van der Waals surface area contributed by atoms with Gasteiger partial charge < -0.3 is 9.30 Å². The Balaban J connectivity index is 1.99. The third-order valence-electron chi connectivity index (χ3n) is 5.13. The largest absolute Gasteiger partial charge is 0.432 e. The molecule has 0 atom stereocenters. The van der Waals surface area contributed by atoms with Gasteiger partial charge in [0.2, 0.25) is 10.0 Å². The van der Waals surface area contributed by atoms with E-state index in [9.17, 15) is 26.9 Å². The van der Waals surface area contributed by atoms with Crippen LogP contribution in [0.3, 0.4) is 0 Å². The first-order valence-corrected chi connectivity index (χ1v) is 10.5. The van der Waals surface area contributed by atoms with Crippen molar-refractivity contribution in [1.82, 2.24) is 9.55 Å². The zero-order valence-electron chi connectivity index (χ0n) is 15.3. The van der Waals surface area contributed by atoms with E-state index in [-0.39, 0.29) is 27.6 Å². The van der Waals surface area contributed by atoms with Crippen LogP contribution in [0.2, 0.25) is 0 Å². The van der Waals surface area contributed by atoms with Crippen molar-refractivity contribution in [2.45, 2.75) is 36.8 Å². The highest BCUT2D eigenvalue weighted by atomic mass is 32.2. The molecule has 1 aliphatic rings. The highest BCUT2D eigenvalue weighted by Crippen LogP contribution is 2.43. The van der Waals surface area contributed by atoms with Crippen molar-refractivity contribution in [2.75, 3.05) is 0 Å². The van der Waals surface area contributed by atoms with Gasteiger partial charge in [0, 0.05) is 23.7 Å². The Labute approximate surface area is 169 Å². The van der Waals surface area contributed by atoms with Crippen molar-refractivity contribution in [2.24, 2.45) is 5.14 Å². The van der Waals surface area contributed by atoms with Crippen LogP contribution in [0.5, 0.6) is 5.75 Å². The average molecular weight is 436 g/mol. The van der Waals surface area contributed by atoms with Gasteiger partial charge in [-0.05, 0) is 37.5 Å². The van der Waals surface area contributed by atoms with E-state index >= 15 is 0 Å². The Bertz CT molecular complexity index is 1280. The molecule has 3 aromatic rings. The second-order valence-corrected chi connectivity index (χ2v) is 8.45. The van der Waals surface area contributed by atoms with E-state index in [4.69, 9.17) is 5.14 Å². The number of fused-ring (bicyclic) bond motifs is 1. The van der Waals surface area contributed by atoms with E-state index in [1.807, 2.05) is 6.07 Å². The third kappa shape index (κ3) is 3.38. The fourth-order valence-electron chi connectivity index (χ4n) is 3.57. The van der Waals surface area contributed by atoms with Crippen LogP contribution in [0, 0.1) is 17.1 Å². The number of benzene rings is 1. The van der Waals surface area contributed by atoms with Crippen LogP contribution in [0.15, 0.2) is 35.4 Å². The van der Waals surface area contributed by atoms with Crippen LogP contribution in [-0.4, -0.2) is 24.6 Å². The molecule has 2 heterocycles. The van der Waals surface area contributed by atoms with Crippen LogP contribution in [0.25, 0.3) is 22.3 Å². The monoisotopic (exact) mass is 436 g/mol. The summed E-state index contributed by atoms with van der Waals surface area (Å²) < 4.78 is 68.7. The summed E-state index contributed by atoms with van der Waals surface area (Å²) in [5.74, 6) is -1.64. The molecule has 11 heteroatoms. The Morgan fingerprint density at radius 1 is 1.30 bits per heavy atom. The quantitative estimate of drug-likeness (QED) is 0.656. The molecule has 1 fully saturated rings. The Kier molecular flexibility index (Phi) is 4.91. The SMILES string of the molecule is N#Cc1c(-c2ccc(S(N)(=O)=O)cn2)n(C2CCC2)c2cc(OC(F)F)c(F)cc12. The lowest BCUT2D eigenvalue weighted by Gasteiger charge is -2.30. The fraction of sp³-hybridized carbons (Fsp3) is 0.263. The summed E-state index contributed by atoms with van der Waals surface area (Å²) in [6.07, 6.45) is 3.56. The van der Waals surface area contributed by atoms with Gasteiger partial charge >= 0.3 is 6.61 Å². The molecule has 0 spiro atoms. The second kappa shape index (κ2) is 7.30. The third-order valence-corrected chi connectivity index (χ3v) is 6.03. The van der Waals surface area contributed by atoms with Crippen molar-refractivity contribution < 1.29 is 26.3 Å². The second-order valence-electron chi connectivity index (χ2n) is 6.89. The van der Waals surface area contributed by atoms with Crippen molar-refractivity contribution in [3.05, 3.63) is 41.8 Å². The van der Waals surface area contributed by atoms with Gasteiger partial charge in [-0.15, -0.1) is 0 Å². The lowest BCUT2D eigenvalue weighted by molar-refractivity contribution is -0.0521. The van der Waals surface area contributed by atoms with E-state index in [2.05, 4.69) is 9.72 Å². The molecule has 0 unspecified atom stereocenters. The van der Waals surface area contributed by atoms with Gasteiger partial charge in [0.15, 0.2) is 11.6 Å². The normalized spacial score (nSPS) is 14.7. The summed E-state index contributed by atoms with van der Waals surface area (Å²) in [7, 11) is -3.96. The van der Waals surface area contributed by atoms with Crippen molar-refractivity contribution in [1.29, 1.82) is 5.26 Å². The predicted octanol–water partition coefficient (Wildman–Crippen LogP) is 3.69. The van der Waals surface area contributed by atoms with E-state index in [1.165, 1.54) is 12.1 Å². The molecule has 156 valence electrons. The average Bonchev–Trinajstić information content (AvgIpc) is 2.93. The number of nitrogens with two attached hydrogens (primary N) is 1. The maximum Gasteiger partial charge on any atom is 0.387 e. The number of primary sulfonamides is 1. The summed E-state index contributed by atoms with van der Waals surface area (Å²) in [6, 6.07) is 6.78. The van der Waals surface area contributed by atoms with Gasteiger partial charge in [-0.1, -0.05) is 0 Å². The molecule has 1 saturated carbocycles. The Hall–Kier alpha value is -3.10. The van der Waals surface area contributed by atoms with E-state index in [0.29, 0.717) is 11.2 Å². The molecule has 0 radical (unpaired) electrons. The predicted molar refractivity (Wildman–Crippen MR) is 101 cm³/mol. The number of pyridine rings is 1. The van der Waals surface area contributed by atoms with Gasteiger partial charge in [-0.2, -0.15) is 14.0 Å². The molecule has 0 bridgehead atoms. The molecule has 1 aliphatic carbocycles. The van der Waals surface area contributed by atoms with Crippen LogP contribution >= 0.6 is 0 Å². The topological polar surface area (TPSA) is 111 Å². The van der Waals surface area contributed by atoms with Gasteiger partial charge in [0.05, 0.1) is 22.5 Å². The fourth-order valence-corrected chi connectivity index (χ4v) is 4.03. The number of rotatable bonds is 5. The van der Waals surface area contributed by atoms with E-state index in [0.717, 1.165) is 37.6 Å². The number of nitriles is 1. The minimum Gasteiger partial charge on any atom is -0.432 e. The van der Waals surface area contributed by atoms with Crippen LogP contribution < -0.4 is 9.88 Å². The molecule has 0 aliphatic heterocycles. The van der Waals surface area contributed by atoms with Crippen molar-refractivity contribution >= 4 is 20.9 Å². The van der Waals surface area contributed by atoms with Gasteiger partial charge in [-0.25, -0.2) is 17.9 Å². The summed E-state index contributed by atoms with van der Waals surface area (Å²) in [4.78, 5) is 3.94. The van der Waals surface area contributed by atoms with E-state index in [1.54, 1.807) is 4.57 Å². The minimum absolute atomic E-state index is 0.0471. The number of sulfonamides is 1. The molecule has 0 saturated heterocycles. The highest BCUT2D eigenvalue weighted by molar-refractivity contribution is 7.89. The molecule has 0 amide bonds. The highest BCUT2D eigenvalue weighted by Gasteiger charge is 2.29. The number of hydrogen-bond donors (Lipinski definition) is 1. The summed E-state index contributed by atoms with van der Waals surface area (Å²) >= 11 is 0. The number of alkyl halides is 2. The number of nitrogens with zero attached hydrogens (tertiary/aromatic N) is 3. The summed E-state index contributed by atoms with van der Waals surface area (Å²) in [5, 5.41) is 15.1. The Morgan fingerprint density at radius 3 is 2.53 bits per heavy atom. The van der Waals surface area contributed by atoms with Gasteiger partial charge in [-0.3, -0.25) is 4.98 Å². The molecular formula is C19H15F3N4O3S. The first kappa shape index (κ1) is 20.2. The summed E-state index contributed by atoms with van der Waals surface area (Å²) in [6.45, 7) is -3.20. The molecule has 2 N–H and O–H groups in total. The van der Waals surface area contributed by atoms with Crippen LogP contribution in [-0.2, 0) is 10.0 Å². The molecule has 4 rings (SSSR count). The smallest absolute Gasteiger partial charge is 0.387 e. The lowest BCUT2D eigenvalue weighted by Crippen LogP contribution is -2.18. The van der Waals surface area contributed by atoms with Crippen LogP contribution in [0.1, 0.15) is 30.9 Å². The maximum atomic E-state index is 14.3. The Morgan fingerprint density at radius 2 is 2.03 bits per heavy atom. The number of ether oxygens (including phenoxy) is 1. The number of aromatic nitrogens is 2. The molecule has 7 nitrogen and oxygen atoms in total. The van der Waals surface area contributed by atoms with E-state index < -0.39 is 28.2 Å². The minimum atomic E-state index is -3.96. The molecule has 2 aromatic heterocycles.